The highest BCUT2D eigenvalue weighted by molar-refractivity contribution is 6.44. The molecule has 0 aliphatic carbocycles. The fourth-order valence-electron chi connectivity index (χ4n) is 1.56. The summed E-state index contributed by atoms with van der Waals surface area (Å²) < 4.78 is 0. The number of imide groups is 1. The molecular formula is C10H7Cl3N2O2. The number of hydrogen-bond acceptors (Lipinski definition) is 3. The molecule has 1 fully saturated rings. The van der Waals surface area contributed by atoms with E-state index in [0.717, 1.165) is 0 Å². The van der Waals surface area contributed by atoms with Crippen molar-refractivity contribution in [2.24, 2.45) is 0 Å². The SMILES string of the molecule is O=C1CN(c2cc(Cl)c(Cl)cc2Cl)CC(=O)N1. The van der Waals surface area contributed by atoms with Crippen LogP contribution in [-0.4, -0.2) is 24.9 Å². The van der Waals surface area contributed by atoms with E-state index >= 15 is 0 Å². The Kier molecular flexibility index (Phi) is 3.47. The van der Waals surface area contributed by atoms with Gasteiger partial charge in [-0.15, -0.1) is 0 Å². The van der Waals surface area contributed by atoms with Crippen LogP contribution in [0.4, 0.5) is 5.69 Å². The molecule has 2 rings (SSSR count). The molecule has 0 bridgehead atoms. The van der Waals surface area contributed by atoms with Crippen LogP contribution in [0.2, 0.25) is 15.1 Å². The lowest BCUT2D eigenvalue weighted by Crippen LogP contribution is -2.51. The number of anilines is 1. The average molecular weight is 294 g/mol. The number of nitrogens with zero attached hydrogens (tertiary/aromatic N) is 1. The van der Waals surface area contributed by atoms with Crippen LogP contribution < -0.4 is 10.2 Å². The second-order valence-corrected chi connectivity index (χ2v) is 4.77. The second-order valence-electron chi connectivity index (χ2n) is 3.55. The van der Waals surface area contributed by atoms with Crippen molar-refractivity contribution in [2.75, 3.05) is 18.0 Å². The molecule has 1 aromatic carbocycles. The van der Waals surface area contributed by atoms with E-state index in [9.17, 15) is 9.59 Å². The van der Waals surface area contributed by atoms with Crippen molar-refractivity contribution in [1.29, 1.82) is 0 Å². The first-order valence-corrected chi connectivity index (χ1v) is 5.83. The summed E-state index contributed by atoms with van der Waals surface area (Å²) in [7, 11) is 0. The number of halogens is 3. The Bertz CT molecular complexity index is 489. The standard InChI is InChI=1S/C10H7Cl3N2O2/c11-5-1-7(13)8(2-6(5)12)15-3-9(16)14-10(17)4-15/h1-2H,3-4H2,(H,14,16,17). The van der Waals surface area contributed by atoms with E-state index in [2.05, 4.69) is 5.32 Å². The highest BCUT2D eigenvalue weighted by Crippen LogP contribution is 2.34. The van der Waals surface area contributed by atoms with Crippen LogP contribution in [0.3, 0.4) is 0 Å². The molecule has 1 aliphatic heterocycles. The fourth-order valence-corrected chi connectivity index (χ4v) is 2.22. The first kappa shape index (κ1) is 12.5. The quantitative estimate of drug-likeness (QED) is 0.637. The maximum absolute atomic E-state index is 11.2. The molecule has 7 heteroatoms. The van der Waals surface area contributed by atoms with Crippen LogP contribution in [0.15, 0.2) is 12.1 Å². The monoisotopic (exact) mass is 292 g/mol. The van der Waals surface area contributed by atoms with Gasteiger partial charge in [-0.1, -0.05) is 34.8 Å². The maximum Gasteiger partial charge on any atom is 0.246 e. The number of hydrogen-bond donors (Lipinski definition) is 1. The van der Waals surface area contributed by atoms with Crippen molar-refractivity contribution in [3.8, 4) is 0 Å². The third kappa shape index (κ3) is 2.65. The summed E-state index contributed by atoms with van der Waals surface area (Å²) in [5.41, 5.74) is 0.518. The molecule has 0 spiro atoms. The molecule has 1 aromatic rings. The molecule has 0 atom stereocenters. The fraction of sp³-hybridized carbons (Fsp3) is 0.200. The molecule has 0 unspecified atom stereocenters. The molecule has 0 saturated carbocycles. The average Bonchev–Trinajstić information content (AvgIpc) is 2.22. The molecule has 90 valence electrons. The predicted molar refractivity (Wildman–Crippen MR) is 66.8 cm³/mol. The molecule has 1 aliphatic rings. The van der Waals surface area contributed by atoms with Crippen molar-refractivity contribution in [1.82, 2.24) is 5.32 Å². The minimum atomic E-state index is -0.372. The van der Waals surface area contributed by atoms with E-state index in [0.29, 0.717) is 20.8 Å². The van der Waals surface area contributed by atoms with Crippen molar-refractivity contribution in [3.63, 3.8) is 0 Å². The highest BCUT2D eigenvalue weighted by Gasteiger charge is 2.24. The van der Waals surface area contributed by atoms with Gasteiger partial charge in [0.2, 0.25) is 11.8 Å². The van der Waals surface area contributed by atoms with Crippen LogP contribution in [-0.2, 0) is 9.59 Å². The van der Waals surface area contributed by atoms with Crippen LogP contribution in [0.1, 0.15) is 0 Å². The maximum atomic E-state index is 11.2. The summed E-state index contributed by atoms with van der Waals surface area (Å²) in [5.74, 6) is -0.744. The molecule has 0 aromatic heterocycles. The van der Waals surface area contributed by atoms with Gasteiger partial charge in [0.1, 0.15) is 0 Å². The summed E-state index contributed by atoms with van der Waals surface area (Å²) in [6.07, 6.45) is 0. The van der Waals surface area contributed by atoms with E-state index in [1.54, 1.807) is 4.90 Å². The molecule has 2 amide bonds. The Balaban J connectivity index is 2.36. The van der Waals surface area contributed by atoms with Gasteiger partial charge in [0.25, 0.3) is 0 Å². The van der Waals surface area contributed by atoms with Gasteiger partial charge < -0.3 is 4.90 Å². The Labute approximate surface area is 112 Å². The van der Waals surface area contributed by atoms with Gasteiger partial charge in [-0.3, -0.25) is 14.9 Å². The van der Waals surface area contributed by atoms with Gasteiger partial charge in [0.05, 0.1) is 33.8 Å². The normalized spacial score (nSPS) is 16.1. The Morgan fingerprint density at radius 3 is 2.06 bits per heavy atom. The van der Waals surface area contributed by atoms with Crippen molar-refractivity contribution >= 4 is 52.3 Å². The van der Waals surface area contributed by atoms with Crippen molar-refractivity contribution < 1.29 is 9.59 Å². The molecule has 0 radical (unpaired) electrons. The number of carbonyl (C=O) groups excluding carboxylic acids is 2. The van der Waals surface area contributed by atoms with Crippen LogP contribution >= 0.6 is 34.8 Å². The van der Waals surface area contributed by atoms with Gasteiger partial charge >= 0.3 is 0 Å². The second kappa shape index (κ2) is 4.72. The van der Waals surface area contributed by atoms with E-state index < -0.39 is 0 Å². The van der Waals surface area contributed by atoms with Gasteiger partial charge in [0.15, 0.2) is 0 Å². The molecular weight excluding hydrogens is 286 g/mol. The number of amides is 2. The number of piperazine rings is 1. The molecule has 4 nitrogen and oxygen atoms in total. The van der Waals surface area contributed by atoms with Gasteiger partial charge in [-0.05, 0) is 12.1 Å². The van der Waals surface area contributed by atoms with Gasteiger partial charge in [-0.2, -0.15) is 0 Å². The lowest BCUT2D eigenvalue weighted by Gasteiger charge is -2.28. The minimum absolute atomic E-state index is 0.0589. The van der Waals surface area contributed by atoms with E-state index in [4.69, 9.17) is 34.8 Å². The van der Waals surface area contributed by atoms with E-state index in [1.165, 1.54) is 12.1 Å². The van der Waals surface area contributed by atoms with Gasteiger partial charge in [0, 0.05) is 0 Å². The van der Waals surface area contributed by atoms with Crippen molar-refractivity contribution in [2.45, 2.75) is 0 Å². The lowest BCUT2D eigenvalue weighted by atomic mass is 10.2. The summed E-state index contributed by atoms with van der Waals surface area (Å²) in [6, 6.07) is 3.02. The molecule has 17 heavy (non-hydrogen) atoms. The number of carbonyl (C=O) groups is 2. The third-order valence-electron chi connectivity index (χ3n) is 2.28. The summed E-state index contributed by atoms with van der Waals surface area (Å²) in [6.45, 7) is 0.118. The topological polar surface area (TPSA) is 49.4 Å². The first-order valence-electron chi connectivity index (χ1n) is 4.69. The smallest absolute Gasteiger partial charge is 0.246 e. The summed E-state index contributed by atoms with van der Waals surface area (Å²) in [5, 5.41) is 3.20. The minimum Gasteiger partial charge on any atom is -0.352 e. The van der Waals surface area contributed by atoms with Gasteiger partial charge in [-0.25, -0.2) is 0 Å². The number of benzene rings is 1. The summed E-state index contributed by atoms with van der Waals surface area (Å²) in [4.78, 5) is 24.0. The Morgan fingerprint density at radius 2 is 1.47 bits per heavy atom. The third-order valence-corrected chi connectivity index (χ3v) is 3.30. The first-order chi connectivity index (χ1) is 7.97. The van der Waals surface area contributed by atoms with Crippen LogP contribution in [0.25, 0.3) is 0 Å². The van der Waals surface area contributed by atoms with Crippen molar-refractivity contribution in [3.05, 3.63) is 27.2 Å². The zero-order valence-electron chi connectivity index (χ0n) is 8.47. The van der Waals surface area contributed by atoms with Crippen LogP contribution in [0.5, 0.6) is 0 Å². The number of rotatable bonds is 1. The summed E-state index contributed by atoms with van der Waals surface area (Å²) >= 11 is 17.7. The lowest BCUT2D eigenvalue weighted by molar-refractivity contribution is -0.130. The predicted octanol–water partition coefficient (Wildman–Crippen LogP) is 2.11. The zero-order chi connectivity index (χ0) is 12.6. The largest absolute Gasteiger partial charge is 0.352 e. The Morgan fingerprint density at radius 1 is 0.941 bits per heavy atom. The Hall–Kier alpha value is -0.970. The van der Waals surface area contributed by atoms with E-state index in [-0.39, 0.29) is 24.9 Å². The molecule has 1 heterocycles. The highest BCUT2D eigenvalue weighted by atomic mass is 35.5. The number of nitrogens with one attached hydrogen (secondary N) is 1. The molecule has 1 saturated heterocycles. The van der Waals surface area contributed by atoms with E-state index in [1.807, 2.05) is 0 Å². The molecule has 1 N–H and O–H groups in total. The zero-order valence-corrected chi connectivity index (χ0v) is 10.7. The van der Waals surface area contributed by atoms with Crippen LogP contribution in [0, 0.1) is 0 Å².